The minimum Gasteiger partial charge on any atom is -0.462 e. The van der Waals surface area contributed by atoms with Crippen molar-refractivity contribution in [2.24, 2.45) is 0 Å². The van der Waals surface area contributed by atoms with E-state index in [0.29, 0.717) is 46.9 Å². The van der Waals surface area contributed by atoms with Crippen molar-refractivity contribution in [3.05, 3.63) is 114 Å². The van der Waals surface area contributed by atoms with Crippen LogP contribution in [0, 0.1) is 0 Å². The van der Waals surface area contributed by atoms with Gasteiger partial charge in [-0.15, -0.1) is 0 Å². The van der Waals surface area contributed by atoms with Crippen molar-refractivity contribution >= 4 is 17.5 Å². The first-order valence-electron chi connectivity index (χ1n) is 14.3. The first kappa shape index (κ1) is 29.1. The van der Waals surface area contributed by atoms with E-state index in [4.69, 9.17) is 9.84 Å². The summed E-state index contributed by atoms with van der Waals surface area (Å²) in [5.41, 5.74) is 3.52. The smallest absolute Gasteiger partial charge is 0.416 e. The number of anilines is 2. The highest BCUT2D eigenvalue weighted by Crippen LogP contribution is 2.39. The van der Waals surface area contributed by atoms with E-state index in [0.717, 1.165) is 23.4 Å². The van der Waals surface area contributed by atoms with Gasteiger partial charge in [0.1, 0.15) is 11.9 Å². The summed E-state index contributed by atoms with van der Waals surface area (Å²) in [7, 11) is 0. The molecule has 0 aliphatic carbocycles. The van der Waals surface area contributed by atoms with Gasteiger partial charge in [-0.25, -0.2) is 9.67 Å². The standard InChI is InChI=1S/C34H29F3N4O3/c35-34(36,37)24-11-7-10-23(18-24)33-29(15-14-28-20-27(42)21-31(43)44-28)32(22-8-3-1-4-9-22)40-41(33)26-16-17-38-30(19-26)39-25-12-5-2-6-13-25/h1-13,16-19,27-28,42H,14-15,20-21H2,(H,38,39)/t27-,28-/m1/s1. The van der Waals surface area contributed by atoms with Crippen LogP contribution in [-0.2, 0) is 22.1 Å². The number of hydrogen-bond acceptors (Lipinski definition) is 6. The molecule has 2 aromatic heterocycles. The zero-order valence-corrected chi connectivity index (χ0v) is 23.5. The van der Waals surface area contributed by atoms with Crippen LogP contribution < -0.4 is 5.32 Å². The Bertz CT molecular complexity index is 1760. The molecule has 0 bridgehead atoms. The normalized spacial score (nSPS) is 16.9. The van der Waals surface area contributed by atoms with E-state index in [1.54, 1.807) is 29.1 Å². The number of carbonyl (C=O) groups excluding carboxylic acids is 1. The summed E-state index contributed by atoms with van der Waals surface area (Å²) in [5, 5.41) is 18.4. The van der Waals surface area contributed by atoms with E-state index in [2.05, 4.69) is 10.3 Å². The number of aromatic nitrogens is 3. The molecular weight excluding hydrogens is 569 g/mol. The minimum atomic E-state index is -4.54. The van der Waals surface area contributed by atoms with Gasteiger partial charge >= 0.3 is 12.1 Å². The van der Waals surface area contributed by atoms with Crippen LogP contribution in [-0.4, -0.2) is 38.0 Å². The van der Waals surface area contributed by atoms with Gasteiger partial charge in [0.15, 0.2) is 0 Å². The van der Waals surface area contributed by atoms with Crippen LogP contribution in [0.15, 0.2) is 103 Å². The second kappa shape index (κ2) is 12.3. The molecule has 0 amide bonds. The highest BCUT2D eigenvalue weighted by atomic mass is 19.4. The Hall–Kier alpha value is -4.96. The average molecular weight is 599 g/mol. The number of esters is 1. The topological polar surface area (TPSA) is 89.3 Å². The molecule has 7 nitrogen and oxygen atoms in total. The predicted octanol–water partition coefficient (Wildman–Crippen LogP) is 7.36. The molecule has 1 saturated heterocycles. The number of nitrogens with one attached hydrogen (secondary N) is 1. The Balaban J connectivity index is 1.51. The molecule has 0 saturated carbocycles. The molecule has 0 radical (unpaired) electrons. The maximum absolute atomic E-state index is 13.9. The molecule has 0 unspecified atom stereocenters. The van der Waals surface area contributed by atoms with Crippen LogP contribution >= 0.6 is 0 Å². The largest absolute Gasteiger partial charge is 0.462 e. The van der Waals surface area contributed by atoms with Crippen molar-refractivity contribution in [1.29, 1.82) is 0 Å². The maximum atomic E-state index is 13.9. The van der Waals surface area contributed by atoms with E-state index in [1.165, 1.54) is 6.07 Å². The summed E-state index contributed by atoms with van der Waals surface area (Å²) < 4.78 is 48.8. The number of nitrogens with zero attached hydrogens (tertiary/aromatic N) is 3. The van der Waals surface area contributed by atoms with Crippen molar-refractivity contribution in [3.8, 4) is 28.2 Å². The lowest BCUT2D eigenvalue weighted by molar-refractivity contribution is -0.160. The van der Waals surface area contributed by atoms with Gasteiger partial charge < -0.3 is 15.2 Å². The number of carbonyl (C=O) groups is 1. The third-order valence-corrected chi connectivity index (χ3v) is 7.48. The number of pyridine rings is 1. The Labute approximate surface area is 252 Å². The number of ether oxygens (including phenoxy) is 1. The second-order valence-electron chi connectivity index (χ2n) is 10.7. The van der Waals surface area contributed by atoms with E-state index >= 15 is 0 Å². The highest BCUT2D eigenvalue weighted by molar-refractivity contribution is 5.77. The Morgan fingerprint density at radius 1 is 0.932 bits per heavy atom. The monoisotopic (exact) mass is 598 g/mol. The van der Waals surface area contributed by atoms with Gasteiger partial charge in [-0.3, -0.25) is 4.79 Å². The van der Waals surface area contributed by atoms with Gasteiger partial charge in [-0.2, -0.15) is 18.3 Å². The number of rotatable bonds is 8. The molecule has 3 aromatic carbocycles. The van der Waals surface area contributed by atoms with Crippen LogP contribution in [0.2, 0.25) is 0 Å². The summed E-state index contributed by atoms with van der Waals surface area (Å²) in [6.07, 6.45) is -3.33. The number of aliphatic hydroxyl groups is 1. The summed E-state index contributed by atoms with van der Waals surface area (Å²) in [6.45, 7) is 0. The zero-order chi connectivity index (χ0) is 30.7. The lowest BCUT2D eigenvalue weighted by Crippen LogP contribution is -2.32. The quantitative estimate of drug-likeness (QED) is 0.182. The average Bonchev–Trinajstić information content (AvgIpc) is 3.40. The fraction of sp³-hybridized carbons (Fsp3) is 0.206. The fourth-order valence-electron chi connectivity index (χ4n) is 5.47. The predicted molar refractivity (Wildman–Crippen MR) is 160 cm³/mol. The number of cyclic esters (lactones) is 1. The first-order valence-corrected chi connectivity index (χ1v) is 14.3. The molecule has 10 heteroatoms. The molecule has 44 heavy (non-hydrogen) atoms. The Kier molecular flexibility index (Phi) is 8.17. The molecule has 0 spiro atoms. The van der Waals surface area contributed by atoms with Crippen LogP contribution in [0.25, 0.3) is 28.2 Å². The molecule has 3 heterocycles. The Morgan fingerprint density at radius 2 is 1.66 bits per heavy atom. The number of halogens is 3. The van der Waals surface area contributed by atoms with Gasteiger partial charge in [-0.1, -0.05) is 60.7 Å². The van der Waals surface area contributed by atoms with Gasteiger partial charge in [0.05, 0.1) is 35.2 Å². The third kappa shape index (κ3) is 6.50. The summed E-state index contributed by atoms with van der Waals surface area (Å²) >= 11 is 0. The second-order valence-corrected chi connectivity index (χ2v) is 10.7. The van der Waals surface area contributed by atoms with E-state index in [1.807, 2.05) is 60.7 Å². The molecule has 1 aliphatic heterocycles. The molecule has 2 atom stereocenters. The number of alkyl halides is 3. The van der Waals surface area contributed by atoms with Gasteiger partial charge in [-0.05, 0) is 43.2 Å². The molecule has 224 valence electrons. The highest BCUT2D eigenvalue weighted by Gasteiger charge is 2.32. The number of benzene rings is 3. The fourth-order valence-corrected chi connectivity index (χ4v) is 5.47. The summed E-state index contributed by atoms with van der Waals surface area (Å²) in [6, 6.07) is 27.6. The lowest BCUT2D eigenvalue weighted by Gasteiger charge is -2.26. The molecule has 5 aromatic rings. The number of para-hydroxylation sites is 1. The van der Waals surface area contributed by atoms with Crippen molar-refractivity contribution in [3.63, 3.8) is 0 Å². The van der Waals surface area contributed by atoms with Gasteiger partial charge in [0.25, 0.3) is 0 Å². The van der Waals surface area contributed by atoms with Crippen LogP contribution in [0.5, 0.6) is 0 Å². The van der Waals surface area contributed by atoms with Crippen molar-refractivity contribution in [1.82, 2.24) is 14.8 Å². The minimum absolute atomic E-state index is 0.0550. The van der Waals surface area contributed by atoms with Crippen molar-refractivity contribution in [2.75, 3.05) is 5.32 Å². The van der Waals surface area contributed by atoms with E-state index in [9.17, 15) is 23.1 Å². The molecule has 6 rings (SSSR count). The molecule has 1 fully saturated rings. The van der Waals surface area contributed by atoms with E-state index < -0.39 is 29.9 Å². The summed E-state index contributed by atoms with van der Waals surface area (Å²) in [5.74, 6) is 0.0613. The zero-order valence-electron chi connectivity index (χ0n) is 23.5. The molecular formula is C34H29F3N4O3. The first-order chi connectivity index (χ1) is 21.2. The molecule has 2 N–H and O–H groups in total. The SMILES string of the molecule is O=C1C[C@H](O)C[C@@H](CCc2c(-c3ccccc3)nn(-c3ccnc(Nc4ccccc4)c3)c2-c2cccc(C(F)(F)F)c2)O1. The number of aliphatic hydroxyl groups excluding tert-OH is 1. The van der Waals surface area contributed by atoms with Crippen molar-refractivity contribution in [2.45, 2.75) is 44.1 Å². The van der Waals surface area contributed by atoms with Crippen molar-refractivity contribution < 1.29 is 27.8 Å². The van der Waals surface area contributed by atoms with Crippen LogP contribution in [0.1, 0.15) is 30.4 Å². The van der Waals surface area contributed by atoms with Gasteiger partial charge in [0, 0.05) is 41.1 Å². The van der Waals surface area contributed by atoms with E-state index in [-0.39, 0.29) is 12.8 Å². The summed E-state index contributed by atoms with van der Waals surface area (Å²) in [4.78, 5) is 16.5. The van der Waals surface area contributed by atoms with Gasteiger partial charge in [0.2, 0.25) is 0 Å². The number of hydrogen-bond donors (Lipinski definition) is 2. The lowest BCUT2D eigenvalue weighted by atomic mass is 9.94. The van der Waals surface area contributed by atoms with Crippen LogP contribution in [0.3, 0.4) is 0 Å². The third-order valence-electron chi connectivity index (χ3n) is 7.48. The maximum Gasteiger partial charge on any atom is 0.416 e. The Morgan fingerprint density at radius 3 is 2.39 bits per heavy atom. The molecule has 1 aliphatic rings. The van der Waals surface area contributed by atoms with Crippen LogP contribution in [0.4, 0.5) is 24.7 Å².